The summed E-state index contributed by atoms with van der Waals surface area (Å²) in [5.74, 6) is -8.29. The Hall–Kier alpha value is -5.07. The van der Waals surface area contributed by atoms with E-state index in [-0.39, 0.29) is 48.0 Å². The van der Waals surface area contributed by atoms with E-state index in [2.05, 4.69) is 0 Å². The molecule has 6 unspecified atom stereocenters. The zero-order chi connectivity index (χ0) is 34.9. The minimum absolute atomic E-state index is 0.0237. The topological polar surface area (TPSA) is 162 Å². The lowest BCUT2D eigenvalue weighted by atomic mass is 9.51. The van der Waals surface area contributed by atoms with Gasteiger partial charge < -0.3 is 20.1 Å². The summed E-state index contributed by atoms with van der Waals surface area (Å²) in [6, 6.07) is 14.0. The number of phenols is 1. The van der Waals surface area contributed by atoms with Crippen molar-refractivity contribution in [1.29, 1.82) is 0 Å². The van der Waals surface area contributed by atoms with Gasteiger partial charge in [-0.3, -0.25) is 19.2 Å². The molecular weight excluding hydrogens is 659 g/mol. The van der Waals surface area contributed by atoms with Crippen LogP contribution >= 0.6 is 11.6 Å². The van der Waals surface area contributed by atoms with Crippen molar-refractivity contribution in [2.24, 2.45) is 29.1 Å². The molecule has 0 bridgehead atoms. The average Bonchev–Trinajstić information content (AvgIpc) is 3.44. The highest BCUT2D eigenvalue weighted by Crippen LogP contribution is 2.63. The Labute approximate surface area is 284 Å². The number of aromatic carboxylic acids is 1. The molecule has 3 aromatic rings. The molecule has 4 aliphatic rings. The first-order valence-corrected chi connectivity index (χ1v) is 16.1. The summed E-state index contributed by atoms with van der Waals surface area (Å²) in [4.78, 5) is 70.3. The summed E-state index contributed by atoms with van der Waals surface area (Å²) in [6.07, 6.45) is 2.12. The number of carbonyl (C=O) groups excluding carboxylic acids is 4. The van der Waals surface area contributed by atoms with Crippen LogP contribution in [0.1, 0.15) is 41.6 Å². The Morgan fingerprint density at radius 3 is 2.31 bits per heavy atom. The maximum absolute atomic E-state index is 14.5. The van der Waals surface area contributed by atoms with E-state index in [0.29, 0.717) is 11.3 Å². The van der Waals surface area contributed by atoms with Crippen LogP contribution < -0.4 is 14.5 Å². The van der Waals surface area contributed by atoms with Crippen LogP contribution in [0.3, 0.4) is 0 Å². The van der Waals surface area contributed by atoms with Gasteiger partial charge in [0.25, 0.3) is 0 Å². The van der Waals surface area contributed by atoms with Crippen molar-refractivity contribution in [2.45, 2.75) is 25.7 Å². The van der Waals surface area contributed by atoms with Crippen molar-refractivity contribution < 1.29 is 48.4 Å². The molecule has 252 valence electrons. The molecule has 11 nitrogen and oxygen atoms in total. The number of nitrogens with zero attached hydrogens (tertiary/aromatic N) is 2. The second kappa shape index (κ2) is 11.8. The van der Waals surface area contributed by atoms with Crippen molar-refractivity contribution in [3.63, 3.8) is 0 Å². The quantitative estimate of drug-likeness (QED) is 0.236. The molecule has 1 saturated carbocycles. The summed E-state index contributed by atoms with van der Waals surface area (Å²) < 4.78 is 19.7. The number of benzene rings is 3. The summed E-state index contributed by atoms with van der Waals surface area (Å²) in [7, 11) is 0. The SMILES string of the molecule is CC12C(=O)N(c3ccc(F)c(Cl)c3)C(=O)C1CC1C(=CCC3C(=O)N(c4ccc(C(=O)O)c(O)c4)C(=O)C31)C2c1ccc(OCCO)cc1. The predicted octanol–water partition coefficient (Wildman–Crippen LogP) is 4.69. The number of imide groups is 2. The van der Waals surface area contributed by atoms with Crippen LogP contribution in [0.25, 0.3) is 0 Å². The van der Waals surface area contributed by atoms with E-state index in [4.69, 9.17) is 16.3 Å². The fourth-order valence-corrected chi connectivity index (χ4v) is 8.45. The highest BCUT2D eigenvalue weighted by Gasteiger charge is 2.67. The van der Waals surface area contributed by atoms with Crippen molar-refractivity contribution in [1.82, 2.24) is 0 Å². The van der Waals surface area contributed by atoms with Crippen LogP contribution in [0.15, 0.2) is 72.3 Å². The molecule has 3 aromatic carbocycles. The summed E-state index contributed by atoms with van der Waals surface area (Å²) in [6.45, 7) is 1.60. The van der Waals surface area contributed by atoms with Gasteiger partial charge in [-0.25, -0.2) is 19.0 Å². The van der Waals surface area contributed by atoms with Crippen molar-refractivity contribution in [2.75, 3.05) is 23.0 Å². The first-order valence-electron chi connectivity index (χ1n) is 15.7. The van der Waals surface area contributed by atoms with Crippen LogP contribution in [0.5, 0.6) is 11.5 Å². The van der Waals surface area contributed by atoms with E-state index in [0.717, 1.165) is 33.6 Å². The lowest BCUT2D eigenvalue weighted by Gasteiger charge is -2.49. The molecule has 7 rings (SSSR count). The third kappa shape index (κ3) is 4.84. The van der Waals surface area contributed by atoms with Gasteiger partial charge in [-0.2, -0.15) is 0 Å². The second-order valence-electron chi connectivity index (χ2n) is 12.9. The van der Waals surface area contributed by atoms with Crippen molar-refractivity contribution in [3.05, 3.63) is 94.3 Å². The molecule has 3 fully saturated rings. The van der Waals surface area contributed by atoms with E-state index in [9.17, 15) is 43.7 Å². The lowest BCUT2D eigenvalue weighted by molar-refractivity contribution is -0.131. The first kappa shape index (κ1) is 32.5. The molecule has 6 atom stereocenters. The average molecular weight is 689 g/mol. The highest BCUT2D eigenvalue weighted by molar-refractivity contribution is 6.32. The number of aromatic hydroxyl groups is 1. The van der Waals surface area contributed by atoms with Gasteiger partial charge in [-0.1, -0.05) is 35.4 Å². The Kier molecular flexibility index (Phi) is 7.83. The van der Waals surface area contributed by atoms with Crippen LogP contribution in [0.4, 0.5) is 15.8 Å². The van der Waals surface area contributed by atoms with Gasteiger partial charge in [0.05, 0.1) is 46.2 Å². The number of rotatable bonds is 7. The third-order valence-electron chi connectivity index (χ3n) is 10.5. The molecule has 0 aromatic heterocycles. The molecule has 2 heterocycles. The number of hydrogen-bond donors (Lipinski definition) is 3. The number of anilines is 2. The number of fused-ring (bicyclic) bond motifs is 4. The zero-order valence-electron chi connectivity index (χ0n) is 26.0. The van der Waals surface area contributed by atoms with Gasteiger partial charge >= 0.3 is 5.97 Å². The molecule has 2 aliphatic heterocycles. The standard InChI is InChI=1S/C36H30ClFN2O9/c1-36-25(32(44)40(35(36)48)18-5-11-27(38)26(37)14-18)16-24-21(30(36)17-2-6-20(7-3-17)49-13-12-41)9-10-23-29(24)33(45)39(31(23)43)19-4-8-22(34(46)47)28(42)15-19/h2-9,11,14-15,23-25,29-30,41-42H,10,12-13,16H2,1H3,(H,46,47). The number of ether oxygens (including phenoxy) is 1. The van der Waals surface area contributed by atoms with E-state index in [1.54, 1.807) is 31.2 Å². The van der Waals surface area contributed by atoms with Crippen LogP contribution in [-0.4, -0.2) is 58.1 Å². The highest BCUT2D eigenvalue weighted by atomic mass is 35.5. The Morgan fingerprint density at radius 1 is 0.959 bits per heavy atom. The summed E-state index contributed by atoms with van der Waals surface area (Å²) in [5, 5.41) is 28.6. The molecule has 0 spiro atoms. The Balaban J connectivity index is 1.32. The molecule has 2 aliphatic carbocycles. The van der Waals surface area contributed by atoms with E-state index >= 15 is 0 Å². The summed E-state index contributed by atoms with van der Waals surface area (Å²) in [5.41, 5.74) is -0.193. The largest absolute Gasteiger partial charge is 0.507 e. The maximum Gasteiger partial charge on any atom is 0.339 e. The van der Waals surface area contributed by atoms with Crippen LogP contribution in [0.2, 0.25) is 5.02 Å². The van der Waals surface area contributed by atoms with E-state index in [1.165, 1.54) is 18.2 Å². The number of aliphatic hydroxyl groups excluding tert-OH is 1. The number of allylic oxidation sites excluding steroid dienone is 2. The normalized spacial score (nSPS) is 27.5. The summed E-state index contributed by atoms with van der Waals surface area (Å²) >= 11 is 6.06. The second-order valence-corrected chi connectivity index (χ2v) is 13.3. The fourth-order valence-electron chi connectivity index (χ4n) is 8.28. The Bertz CT molecular complexity index is 1980. The molecular formula is C36H30ClFN2O9. The third-order valence-corrected chi connectivity index (χ3v) is 10.8. The minimum Gasteiger partial charge on any atom is -0.507 e. The molecule has 2 saturated heterocycles. The number of carboxylic acids is 1. The van der Waals surface area contributed by atoms with Gasteiger partial charge in [-0.15, -0.1) is 0 Å². The minimum atomic E-state index is -1.37. The van der Waals surface area contributed by atoms with Gasteiger partial charge in [0.15, 0.2) is 0 Å². The first-order chi connectivity index (χ1) is 23.4. The van der Waals surface area contributed by atoms with E-state index < -0.39 is 76.2 Å². The van der Waals surface area contributed by atoms with E-state index in [1.807, 2.05) is 6.08 Å². The van der Waals surface area contributed by atoms with Crippen LogP contribution in [0, 0.1) is 34.9 Å². The molecule has 4 amide bonds. The van der Waals surface area contributed by atoms with Gasteiger partial charge in [0, 0.05) is 12.0 Å². The van der Waals surface area contributed by atoms with Gasteiger partial charge in [0.2, 0.25) is 23.6 Å². The lowest BCUT2D eigenvalue weighted by Crippen LogP contribution is -2.48. The smallest absolute Gasteiger partial charge is 0.339 e. The number of hydrogen-bond acceptors (Lipinski definition) is 8. The number of halogens is 2. The molecule has 0 radical (unpaired) electrons. The van der Waals surface area contributed by atoms with Gasteiger partial charge in [-0.05, 0) is 73.7 Å². The molecule has 3 N–H and O–H groups in total. The monoisotopic (exact) mass is 688 g/mol. The molecule has 13 heteroatoms. The molecule has 49 heavy (non-hydrogen) atoms. The predicted molar refractivity (Wildman–Crippen MR) is 173 cm³/mol. The zero-order valence-corrected chi connectivity index (χ0v) is 26.8. The fraction of sp³-hybridized carbons (Fsp3) is 0.306. The van der Waals surface area contributed by atoms with Crippen molar-refractivity contribution >= 4 is 52.6 Å². The maximum atomic E-state index is 14.5. The number of aliphatic hydroxyl groups is 1. The van der Waals surface area contributed by atoms with Crippen molar-refractivity contribution in [3.8, 4) is 11.5 Å². The Morgan fingerprint density at radius 2 is 1.65 bits per heavy atom. The van der Waals surface area contributed by atoms with Crippen LogP contribution in [-0.2, 0) is 19.2 Å². The number of carboxylic acid groups (broad SMARTS) is 1. The number of amides is 4. The van der Waals surface area contributed by atoms with Gasteiger partial charge in [0.1, 0.15) is 29.5 Å². The number of carbonyl (C=O) groups is 5.